The minimum absolute atomic E-state index is 0.602. The third-order valence-corrected chi connectivity index (χ3v) is 3.47. The highest BCUT2D eigenvalue weighted by atomic mass is 16.5. The van der Waals surface area contributed by atoms with Crippen molar-refractivity contribution in [2.45, 2.75) is 18.8 Å². The molecule has 3 heteroatoms. The first-order chi connectivity index (χ1) is 8.80. The van der Waals surface area contributed by atoms with Gasteiger partial charge in [0.2, 0.25) is 0 Å². The lowest BCUT2D eigenvalue weighted by atomic mass is 9.77. The Morgan fingerprint density at radius 2 is 2.06 bits per heavy atom. The minimum atomic E-state index is 0.602. The second kappa shape index (κ2) is 5.91. The number of nitrogens with one attached hydrogen (secondary N) is 1. The van der Waals surface area contributed by atoms with Gasteiger partial charge in [0.1, 0.15) is 0 Å². The van der Waals surface area contributed by atoms with E-state index in [-0.39, 0.29) is 0 Å². The normalized spacial score (nSPS) is 16.7. The Kier molecular flexibility index (Phi) is 4.26. The number of fused-ring (bicyclic) bond motifs is 1. The Bertz CT molecular complexity index is 429. The van der Waals surface area contributed by atoms with Gasteiger partial charge in [0.25, 0.3) is 0 Å². The van der Waals surface area contributed by atoms with Gasteiger partial charge in [0.05, 0.1) is 14.2 Å². The molecule has 0 saturated carbocycles. The molecule has 1 N–H and O–H groups in total. The van der Waals surface area contributed by atoms with Crippen molar-refractivity contribution in [3.8, 4) is 11.5 Å². The van der Waals surface area contributed by atoms with E-state index in [1.165, 1.54) is 11.1 Å². The highest BCUT2D eigenvalue weighted by molar-refractivity contribution is 5.53. The molecule has 98 valence electrons. The van der Waals surface area contributed by atoms with Crippen molar-refractivity contribution in [2.75, 3.05) is 27.3 Å². The number of rotatable bonds is 7. The van der Waals surface area contributed by atoms with Gasteiger partial charge < -0.3 is 14.8 Å². The summed E-state index contributed by atoms with van der Waals surface area (Å²) < 4.78 is 10.6. The lowest BCUT2D eigenvalue weighted by molar-refractivity contribution is 0.351. The molecule has 1 aromatic rings. The van der Waals surface area contributed by atoms with Crippen LogP contribution >= 0.6 is 0 Å². The van der Waals surface area contributed by atoms with Crippen molar-refractivity contribution in [3.63, 3.8) is 0 Å². The van der Waals surface area contributed by atoms with Gasteiger partial charge in [-0.2, -0.15) is 0 Å². The molecule has 0 spiro atoms. The summed E-state index contributed by atoms with van der Waals surface area (Å²) in [6.07, 6.45) is 4.08. The molecule has 3 nitrogen and oxygen atoms in total. The summed E-state index contributed by atoms with van der Waals surface area (Å²) >= 11 is 0. The zero-order valence-corrected chi connectivity index (χ0v) is 11.2. The van der Waals surface area contributed by atoms with Gasteiger partial charge in [-0.1, -0.05) is 6.08 Å². The van der Waals surface area contributed by atoms with Gasteiger partial charge in [0.15, 0.2) is 11.5 Å². The van der Waals surface area contributed by atoms with E-state index in [1.54, 1.807) is 14.2 Å². The van der Waals surface area contributed by atoms with Crippen LogP contribution in [-0.2, 0) is 6.42 Å². The van der Waals surface area contributed by atoms with Crippen molar-refractivity contribution in [1.82, 2.24) is 5.32 Å². The summed E-state index contributed by atoms with van der Waals surface area (Å²) in [5.74, 6) is 2.26. The summed E-state index contributed by atoms with van der Waals surface area (Å²) in [4.78, 5) is 0. The van der Waals surface area contributed by atoms with Gasteiger partial charge in [-0.15, -0.1) is 6.58 Å². The lowest BCUT2D eigenvalue weighted by Gasteiger charge is -2.31. The largest absolute Gasteiger partial charge is 0.493 e. The Balaban J connectivity index is 1.99. The van der Waals surface area contributed by atoms with Crippen LogP contribution in [0.15, 0.2) is 24.8 Å². The fourth-order valence-electron chi connectivity index (χ4n) is 2.40. The zero-order chi connectivity index (χ0) is 13.0. The zero-order valence-electron chi connectivity index (χ0n) is 11.2. The van der Waals surface area contributed by atoms with E-state index in [0.717, 1.165) is 37.4 Å². The topological polar surface area (TPSA) is 30.5 Å². The Hall–Kier alpha value is -1.48. The molecule has 0 bridgehead atoms. The van der Waals surface area contributed by atoms with Crippen LogP contribution in [0.1, 0.15) is 23.5 Å². The monoisotopic (exact) mass is 247 g/mol. The standard InChI is InChI=1S/C15H21NO2/c1-4-5-6-16-10-12-7-11-8-14(17-2)15(18-3)9-13(11)12/h4,8-9,12,16H,1,5-7,10H2,2-3H3/t12-/m0/s1. The van der Waals surface area contributed by atoms with Crippen molar-refractivity contribution < 1.29 is 9.47 Å². The van der Waals surface area contributed by atoms with Crippen LogP contribution in [0.4, 0.5) is 0 Å². The molecule has 0 fully saturated rings. The van der Waals surface area contributed by atoms with Gasteiger partial charge in [-0.3, -0.25) is 0 Å². The molecule has 1 aliphatic carbocycles. The number of hydrogen-bond donors (Lipinski definition) is 1. The van der Waals surface area contributed by atoms with Crippen LogP contribution in [0.2, 0.25) is 0 Å². The predicted molar refractivity (Wildman–Crippen MR) is 73.7 cm³/mol. The van der Waals surface area contributed by atoms with Crippen molar-refractivity contribution in [2.24, 2.45) is 0 Å². The summed E-state index contributed by atoms with van der Waals surface area (Å²) in [6.45, 7) is 5.75. The lowest BCUT2D eigenvalue weighted by Crippen LogP contribution is -2.29. The third-order valence-electron chi connectivity index (χ3n) is 3.47. The molecule has 0 radical (unpaired) electrons. The number of ether oxygens (including phenoxy) is 2. The number of benzene rings is 1. The first-order valence-electron chi connectivity index (χ1n) is 6.36. The van der Waals surface area contributed by atoms with Crippen molar-refractivity contribution >= 4 is 0 Å². The minimum Gasteiger partial charge on any atom is -0.493 e. The molecule has 0 aliphatic heterocycles. The molecule has 2 rings (SSSR count). The summed E-state index contributed by atoms with van der Waals surface area (Å²) in [5.41, 5.74) is 2.77. The second-order valence-corrected chi connectivity index (χ2v) is 4.59. The summed E-state index contributed by atoms with van der Waals surface area (Å²) in [7, 11) is 3.36. The Morgan fingerprint density at radius 1 is 1.33 bits per heavy atom. The molecule has 1 aliphatic rings. The maximum Gasteiger partial charge on any atom is 0.161 e. The fourth-order valence-corrected chi connectivity index (χ4v) is 2.40. The smallest absolute Gasteiger partial charge is 0.161 e. The van der Waals surface area contributed by atoms with Gasteiger partial charge >= 0.3 is 0 Å². The molecule has 1 atom stereocenters. The first kappa shape index (κ1) is 13.0. The van der Waals surface area contributed by atoms with E-state index < -0.39 is 0 Å². The molecular formula is C15H21NO2. The molecule has 0 unspecified atom stereocenters. The maximum absolute atomic E-state index is 5.34. The van der Waals surface area contributed by atoms with E-state index in [9.17, 15) is 0 Å². The molecule has 0 saturated heterocycles. The van der Waals surface area contributed by atoms with Crippen molar-refractivity contribution in [1.29, 1.82) is 0 Å². The Labute approximate surface area is 109 Å². The second-order valence-electron chi connectivity index (χ2n) is 4.59. The third kappa shape index (κ3) is 2.51. The SMILES string of the molecule is C=CCCNC[C@@H]1Cc2cc(OC)c(OC)cc21. The molecule has 0 heterocycles. The van der Waals surface area contributed by atoms with Crippen LogP contribution in [0, 0.1) is 0 Å². The predicted octanol–water partition coefficient (Wildman–Crippen LogP) is 2.51. The number of methoxy groups -OCH3 is 2. The average Bonchev–Trinajstić information content (AvgIpc) is 2.38. The quantitative estimate of drug-likeness (QED) is 0.593. The molecule has 1 aromatic carbocycles. The van der Waals surface area contributed by atoms with E-state index >= 15 is 0 Å². The Morgan fingerprint density at radius 3 is 2.72 bits per heavy atom. The highest BCUT2D eigenvalue weighted by Crippen LogP contribution is 2.41. The van der Waals surface area contributed by atoms with E-state index in [1.807, 2.05) is 6.08 Å². The van der Waals surface area contributed by atoms with Crippen molar-refractivity contribution in [3.05, 3.63) is 35.9 Å². The summed E-state index contributed by atoms with van der Waals surface area (Å²) in [5, 5.41) is 3.45. The van der Waals surface area contributed by atoms with Gasteiger partial charge in [-0.05, 0) is 42.6 Å². The first-order valence-corrected chi connectivity index (χ1v) is 6.36. The molecular weight excluding hydrogens is 226 g/mol. The van der Waals surface area contributed by atoms with Gasteiger partial charge in [0, 0.05) is 12.5 Å². The summed E-state index contributed by atoms with van der Waals surface area (Å²) in [6, 6.07) is 4.20. The van der Waals surface area contributed by atoms with Crippen LogP contribution in [0.5, 0.6) is 11.5 Å². The highest BCUT2D eigenvalue weighted by Gasteiger charge is 2.27. The van der Waals surface area contributed by atoms with E-state index in [0.29, 0.717) is 5.92 Å². The van der Waals surface area contributed by atoms with E-state index in [2.05, 4.69) is 24.0 Å². The number of hydrogen-bond acceptors (Lipinski definition) is 3. The fraction of sp³-hybridized carbons (Fsp3) is 0.467. The van der Waals surface area contributed by atoms with E-state index in [4.69, 9.17) is 9.47 Å². The van der Waals surface area contributed by atoms with Gasteiger partial charge in [-0.25, -0.2) is 0 Å². The molecule has 18 heavy (non-hydrogen) atoms. The van der Waals surface area contributed by atoms with Crippen LogP contribution < -0.4 is 14.8 Å². The van der Waals surface area contributed by atoms with Crippen LogP contribution in [0.25, 0.3) is 0 Å². The average molecular weight is 247 g/mol. The van der Waals surface area contributed by atoms with Crippen LogP contribution in [0.3, 0.4) is 0 Å². The van der Waals surface area contributed by atoms with Crippen LogP contribution in [-0.4, -0.2) is 27.3 Å². The maximum atomic E-state index is 5.34. The molecule has 0 amide bonds. The molecule has 0 aromatic heterocycles.